The van der Waals surface area contributed by atoms with Gasteiger partial charge in [-0.05, 0) is 12.1 Å². The van der Waals surface area contributed by atoms with Crippen LogP contribution in [0, 0.1) is 11.6 Å². The highest BCUT2D eigenvalue weighted by molar-refractivity contribution is 6.33. The first-order valence-electron chi connectivity index (χ1n) is 3.58. The molecule has 0 aliphatic rings. The zero-order valence-corrected chi connectivity index (χ0v) is 8.41. The van der Waals surface area contributed by atoms with Gasteiger partial charge in [-0.15, -0.1) is 11.6 Å². The molecule has 6 heteroatoms. The van der Waals surface area contributed by atoms with Crippen LogP contribution in [0.4, 0.5) is 14.5 Å². The second kappa shape index (κ2) is 4.57. The van der Waals surface area contributed by atoms with Crippen molar-refractivity contribution in [3.8, 4) is 0 Å². The van der Waals surface area contributed by atoms with Crippen LogP contribution in [-0.2, 0) is 0 Å². The standard InChI is InChI=1S/C8H6Cl2F2N2/c9-3-6(13)14-8-4(10)1-2-5(11)7(8)12/h1-2H,3H2,(H2,13,14). The van der Waals surface area contributed by atoms with E-state index in [1.807, 2.05) is 0 Å². The molecule has 0 aromatic heterocycles. The Morgan fingerprint density at radius 1 is 1.43 bits per heavy atom. The van der Waals surface area contributed by atoms with Crippen LogP contribution in [0.1, 0.15) is 0 Å². The molecule has 0 aliphatic carbocycles. The van der Waals surface area contributed by atoms with E-state index in [0.717, 1.165) is 6.07 Å². The number of benzene rings is 1. The van der Waals surface area contributed by atoms with Crippen LogP contribution in [0.25, 0.3) is 0 Å². The minimum absolute atomic E-state index is 0.0167. The van der Waals surface area contributed by atoms with E-state index in [-0.39, 0.29) is 22.4 Å². The third-order valence-electron chi connectivity index (χ3n) is 1.41. The van der Waals surface area contributed by atoms with Gasteiger partial charge in [0, 0.05) is 0 Å². The largest absolute Gasteiger partial charge is 0.386 e. The van der Waals surface area contributed by atoms with Crippen molar-refractivity contribution in [2.45, 2.75) is 0 Å². The van der Waals surface area contributed by atoms with Crippen LogP contribution in [0.15, 0.2) is 17.1 Å². The minimum atomic E-state index is -1.13. The minimum Gasteiger partial charge on any atom is -0.386 e. The lowest BCUT2D eigenvalue weighted by molar-refractivity contribution is 0.510. The van der Waals surface area contributed by atoms with Gasteiger partial charge in [0.1, 0.15) is 11.5 Å². The Hall–Kier alpha value is -0.870. The Labute approximate surface area is 89.3 Å². The molecule has 1 rings (SSSR count). The van der Waals surface area contributed by atoms with Crippen LogP contribution in [0.2, 0.25) is 5.02 Å². The van der Waals surface area contributed by atoms with E-state index in [9.17, 15) is 8.78 Å². The predicted molar refractivity (Wildman–Crippen MR) is 53.4 cm³/mol. The fraction of sp³-hybridized carbons (Fsp3) is 0.125. The molecule has 0 saturated carbocycles. The molecule has 0 fully saturated rings. The SMILES string of the molecule is NC(CCl)=Nc1c(Cl)ccc(F)c1F. The number of rotatable bonds is 2. The Morgan fingerprint density at radius 3 is 2.64 bits per heavy atom. The first-order valence-corrected chi connectivity index (χ1v) is 4.50. The monoisotopic (exact) mass is 238 g/mol. The fourth-order valence-corrected chi connectivity index (χ4v) is 1.04. The zero-order chi connectivity index (χ0) is 10.7. The summed E-state index contributed by atoms with van der Waals surface area (Å²) in [5, 5.41) is -0.0167. The number of alkyl halides is 1. The van der Waals surface area contributed by atoms with E-state index in [1.54, 1.807) is 0 Å². The summed E-state index contributed by atoms with van der Waals surface area (Å²) in [7, 11) is 0. The van der Waals surface area contributed by atoms with Gasteiger partial charge >= 0.3 is 0 Å². The van der Waals surface area contributed by atoms with E-state index in [0.29, 0.717) is 0 Å². The molecule has 0 atom stereocenters. The molecule has 1 aromatic carbocycles. The molecular weight excluding hydrogens is 233 g/mol. The molecule has 0 radical (unpaired) electrons. The molecule has 1 aromatic rings. The summed E-state index contributed by atoms with van der Waals surface area (Å²) in [6.45, 7) is 0. The van der Waals surface area contributed by atoms with Gasteiger partial charge in [0.15, 0.2) is 11.6 Å². The summed E-state index contributed by atoms with van der Waals surface area (Å²) in [5.74, 6) is -2.27. The molecule has 0 heterocycles. The Balaban J connectivity index is 3.26. The summed E-state index contributed by atoms with van der Waals surface area (Å²) < 4.78 is 25.8. The third kappa shape index (κ3) is 2.33. The first kappa shape index (κ1) is 11.2. The van der Waals surface area contributed by atoms with Gasteiger partial charge in [-0.1, -0.05) is 11.6 Å². The van der Waals surface area contributed by atoms with Crippen molar-refractivity contribution >= 4 is 34.7 Å². The maximum atomic E-state index is 13.1. The highest BCUT2D eigenvalue weighted by Gasteiger charge is 2.11. The molecule has 0 bridgehead atoms. The van der Waals surface area contributed by atoms with Crippen LogP contribution < -0.4 is 5.73 Å². The lowest BCUT2D eigenvalue weighted by Crippen LogP contribution is -2.12. The highest BCUT2D eigenvalue weighted by atomic mass is 35.5. The molecule has 0 aliphatic heterocycles. The van der Waals surface area contributed by atoms with Gasteiger partial charge in [-0.2, -0.15) is 0 Å². The molecule has 0 unspecified atom stereocenters. The molecule has 0 spiro atoms. The van der Waals surface area contributed by atoms with Crippen molar-refractivity contribution in [2.75, 3.05) is 5.88 Å². The summed E-state index contributed by atoms with van der Waals surface area (Å²) in [4.78, 5) is 3.55. The van der Waals surface area contributed by atoms with Crippen molar-refractivity contribution in [3.05, 3.63) is 28.8 Å². The van der Waals surface area contributed by atoms with Gasteiger partial charge < -0.3 is 5.73 Å². The predicted octanol–water partition coefficient (Wildman–Crippen LogP) is 2.85. The number of amidine groups is 1. The number of aliphatic imine (C=N–C) groups is 1. The van der Waals surface area contributed by atoms with Crippen LogP contribution >= 0.6 is 23.2 Å². The first-order chi connectivity index (χ1) is 6.56. The quantitative estimate of drug-likeness (QED) is 0.366. The average Bonchev–Trinajstić information content (AvgIpc) is 2.18. The van der Waals surface area contributed by atoms with Crippen LogP contribution in [-0.4, -0.2) is 11.7 Å². The lowest BCUT2D eigenvalue weighted by Gasteiger charge is -2.01. The Kier molecular flexibility index (Phi) is 3.66. The van der Waals surface area contributed by atoms with Gasteiger partial charge in [0.25, 0.3) is 0 Å². The second-order valence-corrected chi connectivity index (χ2v) is 3.10. The summed E-state index contributed by atoms with van der Waals surface area (Å²) >= 11 is 10.9. The van der Waals surface area contributed by atoms with Gasteiger partial charge in [-0.25, -0.2) is 13.8 Å². The molecule has 2 N–H and O–H groups in total. The highest BCUT2D eigenvalue weighted by Crippen LogP contribution is 2.29. The van der Waals surface area contributed by atoms with E-state index >= 15 is 0 Å². The number of nitrogens with zero attached hydrogens (tertiary/aromatic N) is 1. The Morgan fingerprint density at radius 2 is 2.07 bits per heavy atom. The summed E-state index contributed by atoms with van der Waals surface area (Å²) in [6, 6.07) is 2.11. The fourth-order valence-electron chi connectivity index (χ4n) is 0.792. The van der Waals surface area contributed by atoms with Gasteiger partial charge in [-0.3, -0.25) is 0 Å². The van der Waals surface area contributed by atoms with Crippen molar-refractivity contribution in [3.63, 3.8) is 0 Å². The topological polar surface area (TPSA) is 38.4 Å². The van der Waals surface area contributed by atoms with Gasteiger partial charge in [0.05, 0.1) is 10.9 Å². The molecule has 76 valence electrons. The maximum absolute atomic E-state index is 13.1. The second-order valence-electron chi connectivity index (χ2n) is 2.43. The molecule has 2 nitrogen and oxygen atoms in total. The summed E-state index contributed by atoms with van der Waals surface area (Å²) in [6.07, 6.45) is 0. The van der Waals surface area contributed by atoms with E-state index in [2.05, 4.69) is 4.99 Å². The zero-order valence-electron chi connectivity index (χ0n) is 6.90. The molecule has 14 heavy (non-hydrogen) atoms. The van der Waals surface area contributed by atoms with E-state index < -0.39 is 11.6 Å². The van der Waals surface area contributed by atoms with E-state index in [1.165, 1.54) is 6.07 Å². The van der Waals surface area contributed by atoms with Crippen molar-refractivity contribution in [1.82, 2.24) is 0 Å². The van der Waals surface area contributed by atoms with Gasteiger partial charge in [0.2, 0.25) is 0 Å². The number of halogens is 4. The van der Waals surface area contributed by atoms with Crippen LogP contribution in [0.5, 0.6) is 0 Å². The molecule has 0 saturated heterocycles. The van der Waals surface area contributed by atoms with Crippen molar-refractivity contribution in [1.29, 1.82) is 0 Å². The number of nitrogens with two attached hydrogens (primary N) is 1. The normalized spacial score (nSPS) is 11.9. The lowest BCUT2D eigenvalue weighted by atomic mass is 10.3. The maximum Gasteiger partial charge on any atom is 0.185 e. The van der Waals surface area contributed by atoms with E-state index in [4.69, 9.17) is 28.9 Å². The smallest absolute Gasteiger partial charge is 0.185 e. The van der Waals surface area contributed by atoms with Crippen molar-refractivity contribution < 1.29 is 8.78 Å². The average molecular weight is 239 g/mol. The van der Waals surface area contributed by atoms with Crippen LogP contribution in [0.3, 0.4) is 0 Å². The molecule has 0 amide bonds. The Bertz CT molecular complexity index is 380. The molecular formula is C8H6Cl2F2N2. The third-order valence-corrected chi connectivity index (χ3v) is 1.99. The van der Waals surface area contributed by atoms with Crippen molar-refractivity contribution in [2.24, 2.45) is 10.7 Å². The number of hydrogen-bond acceptors (Lipinski definition) is 1. The number of hydrogen-bond donors (Lipinski definition) is 1. The summed E-state index contributed by atoms with van der Waals surface area (Å²) in [5.41, 5.74) is 4.93.